The van der Waals surface area contributed by atoms with Crippen molar-refractivity contribution < 1.29 is 4.74 Å². The van der Waals surface area contributed by atoms with Crippen molar-refractivity contribution in [2.24, 2.45) is 11.8 Å². The van der Waals surface area contributed by atoms with E-state index in [0.717, 1.165) is 35.7 Å². The van der Waals surface area contributed by atoms with E-state index in [0.29, 0.717) is 23.9 Å². The summed E-state index contributed by atoms with van der Waals surface area (Å²) in [5.41, 5.74) is 3.53. The zero-order valence-corrected chi connectivity index (χ0v) is 17.5. The SMILES string of the molecule is COc1ccc([C@H]2CCC[C@H]3[C@@H]4C[C@@H](CN(c5ncnc6cc[nH]c56)C4)CN23)cc1. The lowest BCUT2D eigenvalue weighted by Gasteiger charge is -2.55. The first kappa shape index (κ1) is 18.2. The molecule has 3 saturated heterocycles. The average molecular weight is 404 g/mol. The van der Waals surface area contributed by atoms with E-state index in [4.69, 9.17) is 4.74 Å². The number of aromatic nitrogens is 3. The summed E-state index contributed by atoms with van der Waals surface area (Å²) in [5, 5.41) is 0. The van der Waals surface area contributed by atoms with E-state index in [1.54, 1.807) is 13.4 Å². The number of rotatable bonds is 3. The molecule has 3 aliphatic heterocycles. The van der Waals surface area contributed by atoms with Crippen molar-refractivity contribution in [3.8, 4) is 5.75 Å². The number of anilines is 1. The van der Waals surface area contributed by atoms with E-state index in [1.165, 1.54) is 37.8 Å². The molecule has 3 fully saturated rings. The van der Waals surface area contributed by atoms with E-state index in [1.807, 2.05) is 12.3 Å². The molecular formula is C24H29N5O. The van der Waals surface area contributed by atoms with Crippen molar-refractivity contribution in [1.82, 2.24) is 19.9 Å². The Morgan fingerprint density at radius 3 is 2.80 bits per heavy atom. The van der Waals surface area contributed by atoms with Gasteiger partial charge in [-0.15, -0.1) is 0 Å². The average Bonchev–Trinajstić information content (AvgIpc) is 3.28. The molecule has 4 atom stereocenters. The van der Waals surface area contributed by atoms with Crippen molar-refractivity contribution >= 4 is 16.9 Å². The monoisotopic (exact) mass is 403 g/mol. The minimum atomic E-state index is 0.542. The van der Waals surface area contributed by atoms with Crippen LogP contribution in [0, 0.1) is 11.8 Å². The number of benzene rings is 1. The predicted molar refractivity (Wildman–Crippen MR) is 118 cm³/mol. The number of H-pyrrole nitrogens is 1. The van der Waals surface area contributed by atoms with Crippen LogP contribution in [0.4, 0.5) is 5.82 Å². The third-order valence-electron chi connectivity index (χ3n) is 7.51. The van der Waals surface area contributed by atoms with Gasteiger partial charge in [-0.3, -0.25) is 4.90 Å². The highest BCUT2D eigenvalue weighted by Crippen LogP contribution is 2.45. The summed E-state index contributed by atoms with van der Waals surface area (Å²) in [6, 6.07) is 12.0. The number of aromatic amines is 1. The number of methoxy groups -OCH3 is 1. The van der Waals surface area contributed by atoms with E-state index in [2.05, 4.69) is 49.0 Å². The quantitative estimate of drug-likeness (QED) is 0.716. The third-order valence-corrected chi connectivity index (χ3v) is 7.51. The molecule has 1 N–H and O–H groups in total. The number of nitrogens with one attached hydrogen (secondary N) is 1. The van der Waals surface area contributed by atoms with Gasteiger partial charge in [0.15, 0.2) is 5.82 Å². The van der Waals surface area contributed by atoms with Crippen LogP contribution >= 0.6 is 0 Å². The van der Waals surface area contributed by atoms with Crippen LogP contribution in [-0.4, -0.2) is 52.6 Å². The van der Waals surface area contributed by atoms with Crippen LogP contribution in [0.3, 0.4) is 0 Å². The van der Waals surface area contributed by atoms with Gasteiger partial charge in [-0.2, -0.15) is 0 Å². The molecule has 0 saturated carbocycles. The summed E-state index contributed by atoms with van der Waals surface area (Å²) in [5.74, 6) is 3.42. The highest BCUT2D eigenvalue weighted by Gasteiger charge is 2.45. The van der Waals surface area contributed by atoms with E-state index >= 15 is 0 Å². The topological polar surface area (TPSA) is 57.3 Å². The molecule has 0 radical (unpaired) electrons. The molecule has 2 aromatic heterocycles. The van der Waals surface area contributed by atoms with Gasteiger partial charge in [0.2, 0.25) is 0 Å². The van der Waals surface area contributed by atoms with Gasteiger partial charge in [-0.25, -0.2) is 9.97 Å². The molecular weight excluding hydrogens is 374 g/mol. The largest absolute Gasteiger partial charge is 0.497 e. The Labute approximate surface area is 177 Å². The first-order valence-corrected chi connectivity index (χ1v) is 11.2. The first-order chi connectivity index (χ1) is 14.8. The lowest BCUT2D eigenvalue weighted by Crippen LogP contribution is -2.59. The predicted octanol–water partition coefficient (Wildman–Crippen LogP) is 4.02. The Balaban J connectivity index is 1.27. The highest BCUT2D eigenvalue weighted by molar-refractivity contribution is 5.85. The van der Waals surface area contributed by atoms with Gasteiger partial charge >= 0.3 is 0 Å². The van der Waals surface area contributed by atoms with E-state index in [9.17, 15) is 0 Å². The van der Waals surface area contributed by atoms with Gasteiger partial charge in [0.05, 0.1) is 12.6 Å². The van der Waals surface area contributed by atoms with Crippen molar-refractivity contribution in [2.75, 3.05) is 31.6 Å². The summed E-state index contributed by atoms with van der Waals surface area (Å²) in [7, 11) is 1.74. The summed E-state index contributed by atoms with van der Waals surface area (Å²) in [6.45, 7) is 3.37. The second kappa shape index (κ2) is 7.27. The molecule has 6 nitrogen and oxygen atoms in total. The molecule has 6 heteroatoms. The van der Waals surface area contributed by atoms with Gasteiger partial charge in [0, 0.05) is 37.9 Å². The minimum absolute atomic E-state index is 0.542. The molecule has 0 spiro atoms. The Hall–Kier alpha value is -2.60. The lowest BCUT2D eigenvalue weighted by atomic mass is 9.74. The molecule has 0 unspecified atom stereocenters. The second-order valence-electron chi connectivity index (χ2n) is 9.19. The Kier molecular flexibility index (Phi) is 4.41. The normalized spacial score (nSPS) is 29.0. The molecule has 30 heavy (non-hydrogen) atoms. The fourth-order valence-electron chi connectivity index (χ4n) is 6.26. The summed E-state index contributed by atoms with van der Waals surface area (Å²) < 4.78 is 5.37. The fraction of sp³-hybridized carbons (Fsp3) is 0.500. The molecule has 0 aliphatic carbocycles. The highest BCUT2D eigenvalue weighted by atomic mass is 16.5. The fourth-order valence-corrected chi connectivity index (χ4v) is 6.26. The Bertz CT molecular complexity index is 1030. The number of hydrogen-bond donors (Lipinski definition) is 1. The maximum Gasteiger partial charge on any atom is 0.156 e. The number of hydrogen-bond acceptors (Lipinski definition) is 5. The molecule has 3 aromatic rings. The van der Waals surface area contributed by atoms with Crippen molar-refractivity contribution in [2.45, 2.75) is 37.8 Å². The van der Waals surface area contributed by atoms with Crippen LogP contribution < -0.4 is 9.64 Å². The summed E-state index contributed by atoms with van der Waals surface area (Å²) in [6.07, 6.45) is 8.93. The van der Waals surface area contributed by atoms with Crippen LogP contribution in [0.15, 0.2) is 42.9 Å². The molecule has 3 aliphatic rings. The number of fused-ring (bicyclic) bond motifs is 5. The van der Waals surface area contributed by atoms with Crippen LogP contribution in [0.5, 0.6) is 5.75 Å². The standard InChI is InChI=1S/C24H29N5O/c1-30-19-7-5-17(6-8-19)21-3-2-4-22-18-11-16(13-29(21)22)12-28(14-18)24-23-20(9-10-25-23)26-15-27-24/h5-10,15-16,18,21-22,25H,2-4,11-14H2,1H3/t16-,18+,21+,22-/m0/s1. The van der Waals surface area contributed by atoms with Gasteiger partial charge in [0.1, 0.15) is 17.6 Å². The maximum atomic E-state index is 5.37. The maximum absolute atomic E-state index is 5.37. The van der Waals surface area contributed by atoms with Crippen LogP contribution in [-0.2, 0) is 0 Å². The zero-order valence-electron chi connectivity index (χ0n) is 17.5. The third kappa shape index (κ3) is 2.97. The van der Waals surface area contributed by atoms with Crippen molar-refractivity contribution in [3.05, 3.63) is 48.4 Å². The molecule has 1 aromatic carbocycles. The molecule has 5 heterocycles. The number of piperidine rings is 3. The molecule has 6 rings (SSSR count). The molecule has 2 bridgehead atoms. The van der Waals surface area contributed by atoms with Gasteiger partial charge in [-0.05, 0) is 61.3 Å². The van der Waals surface area contributed by atoms with Crippen LogP contribution in [0.2, 0.25) is 0 Å². The van der Waals surface area contributed by atoms with E-state index in [-0.39, 0.29) is 0 Å². The summed E-state index contributed by atoms with van der Waals surface area (Å²) >= 11 is 0. The molecule has 156 valence electrons. The Morgan fingerprint density at radius 1 is 1.03 bits per heavy atom. The number of nitrogens with zero attached hydrogens (tertiary/aromatic N) is 4. The van der Waals surface area contributed by atoms with Gasteiger partial charge in [-0.1, -0.05) is 12.1 Å². The number of ether oxygens (including phenoxy) is 1. The lowest BCUT2D eigenvalue weighted by molar-refractivity contribution is -0.0200. The second-order valence-corrected chi connectivity index (χ2v) is 9.19. The van der Waals surface area contributed by atoms with Crippen LogP contribution in [0.25, 0.3) is 11.0 Å². The van der Waals surface area contributed by atoms with Crippen molar-refractivity contribution in [1.29, 1.82) is 0 Å². The Morgan fingerprint density at radius 2 is 1.93 bits per heavy atom. The van der Waals surface area contributed by atoms with Crippen LogP contribution in [0.1, 0.15) is 37.3 Å². The minimum Gasteiger partial charge on any atom is -0.497 e. The van der Waals surface area contributed by atoms with Gasteiger partial charge < -0.3 is 14.6 Å². The van der Waals surface area contributed by atoms with Gasteiger partial charge in [0.25, 0.3) is 0 Å². The smallest absolute Gasteiger partial charge is 0.156 e. The zero-order chi connectivity index (χ0) is 20.1. The first-order valence-electron chi connectivity index (χ1n) is 11.2. The van der Waals surface area contributed by atoms with Crippen molar-refractivity contribution in [3.63, 3.8) is 0 Å². The molecule has 0 amide bonds. The summed E-state index contributed by atoms with van der Waals surface area (Å²) in [4.78, 5) is 17.8. The van der Waals surface area contributed by atoms with E-state index < -0.39 is 0 Å².